The van der Waals surface area contributed by atoms with Crippen molar-refractivity contribution >= 4 is 15.8 Å². The first-order valence-electron chi connectivity index (χ1n) is 8.11. The van der Waals surface area contributed by atoms with E-state index in [1.54, 1.807) is 10.9 Å². The number of rotatable bonds is 5. The number of carbonyl (C=O) groups is 1. The monoisotopic (exact) mass is 356 g/mol. The number of sulfone groups is 1. The highest BCUT2D eigenvalue weighted by Crippen LogP contribution is 2.27. The predicted octanol–water partition coefficient (Wildman–Crippen LogP) is -0.641. The van der Waals surface area contributed by atoms with Crippen LogP contribution >= 0.6 is 0 Å². The summed E-state index contributed by atoms with van der Waals surface area (Å²) in [4.78, 5) is 15.6. The van der Waals surface area contributed by atoms with Crippen molar-refractivity contribution in [3.8, 4) is 0 Å². The van der Waals surface area contributed by atoms with Gasteiger partial charge >= 0.3 is 5.97 Å². The van der Waals surface area contributed by atoms with Gasteiger partial charge in [0, 0.05) is 43.5 Å². The summed E-state index contributed by atoms with van der Waals surface area (Å²) < 4.78 is 30.4. The van der Waals surface area contributed by atoms with E-state index in [9.17, 15) is 13.2 Å². The van der Waals surface area contributed by atoms with Crippen LogP contribution in [0, 0.1) is 0 Å². The van der Waals surface area contributed by atoms with Crippen molar-refractivity contribution in [3.63, 3.8) is 0 Å². The second-order valence-corrected chi connectivity index (χ2v) is 8.75. The lowest BCUT2D eigenvalue weighted by molar-refractivity contribution is -0.140. The molecule has 9 heteroatoms. The molecule has 0 unspecified atom stereocenters. The number of likely N-dealkylation sites (N-methyl/N-ethyl adjacent to an activating group) is 1. The first-order valence-corrected chi connectivity index (χ1v) is 9.93. The van der Waals surface area contributed by atoms with Crippen LogP contribution in [0.25, 0.3) is 0 Å². The third-order valence-corrected chi connectivity index (χ3v) is 6.61. The summed E-state index contributed by atoms with van der Waals surface area (Å²) in [5.74, 6) is 0.228. The van der Waals surface area contributed by atoms with Crippen LogP contribution in [0.2, 0.25) is 0 Å². The van der Waals surface area contributed by atoms with Gasteiger partial charge in [0.1, 0.15) is 0 Å². The van der Waals surface area contributed by atoms with Crippen LogP contribution in [0.4, 0.5) is 0 Å². The van der Waals surface area contributed by atoms with Gasteiger partial charge in [-0.3, -0.25) is 19.3 Å². The lowest BCUT2D eigenvalue weighted by atomic mass is 10.1. The van der Waals surface area contributed by atoms with Crippen molar-refractivity contribution in [2.75, 3.05) is 38.8 Å². The molecule has 3 rings (SSSR count). The van der Waals surface area contributed by atoms with Crippen LogP contribution in [-0.2, 0) is 32.5 Å². The molecule has 24 heavy (non-hydrogen) atoms. The van der Waals surface area contributed by atoms with Crippen LogP contribution < -0.4 is 0 Å². The third kappa shape index (κ3) is 3.79. The number of fused-ring (bicyclic) bond motifs is 1. The summed E-state index contributed by atoms with van der Waals surface area (Å²) in [5, 5.41) is 4.27. The SMILES string of the molecule is COC(=O)CCn1cc(CN2CCN(C)[C@@H]3CS(=O)(=O)C[C@@H]32)cn1. The first kappa shape index (κ1) is 17.4. The molecule has 3 heterocycles. The lowest BCUT2D eigenvalue weighted by Crippen LogP contribution is -2.57. The van der Waals surface area contributed by atoms with Gasteiger partial charge in [0.15, 0.2) is 9.84 Å². The zero-order valence-electron chi connectivity index (χ0n) is 14.1. The number of hydrogen-bond donors (Lipinski definition) is 0. The van der Waals surface area contributed by atoms with Gasteiger partial charge < -0.3 is 4.74 Å². The smallest absolute Gasteiger partial charge is 0.307 e. The van der Waals surface area contributed by atoms with Gasteiger partial charge in [-0.1, -0.05) is 0 Å². The van der Waals surface area contributed by atoms with Gasteiger partial charge in [-0.25, -0.2) is 8.42 Å². The van der Waals surface area contributed by atoms with Gasteiger partial charge in [-0.2, -0.15) is 5.10 Å². The maximum Gasteiger partial charge on any atom is 0.307 e. The van der Waals surface area contributed by atoms with Crippen molar-refractivity contribution in [1.82, 2.24) is 19.6 Å². The number of esters is 1. The Kier molecular flexibility index (Phi) is 4.93. The quantitative estimate of drug-likeness (QED) is 0.649. The average Bonchev–Trinajstić information content (AvgIpc) is 3.11. The summed E-state index contributed by atoms with van der Waals surface area (Å²) in [5.41, 5.74) is 1.03. The molecular weight excluding hydrogens is 332 g/mol. The Labute approximate surface area is 142 Å². The Morgan fingerprint density at radius 1 is 1.33 bits per heavy atom. The molecule has 0 radical (unpaired) electrons. The van der Waals surface area contributed by atoms with Crippen molar-refractivity contribution in [3.05, 3.63) is 18.0 Å². The average molecular weight is 356 g/mol. The molecule has 1 aromatic rings. The van der Waals surface area contributed by atoms with E-state index < -0.39 is 9.84 Å². The standard InChI is InChI=1S/C15H24N4O4S/c1-17-5-6-18(14-11-24(21,22)10-13(14)17)8-12-7-16-19(9-12)4-3-15(20)23-2/h7,9,13-14H,3-6,8,10-11H2,1-2H3/t13-,14+/m1/s1. The molecule has 0 N–H and O–H groups in total. The number of methoxy groups -OCH3 is 1. The van der Waals surface area contributed by atoms with Crippen molar-refractivity contribution in [2.24, 2.45) is 0 Å². The zero-order valence-corrected chi connectivity index (χ0v) is 14.9. The fourth-order valence-corrected chi connectivity index (χ4v) is 5.63. The Morgan fingerprint density at radius 3 is 2.83 bits per heavy atom. The molecule has 0 bridgehead atoms. The molecule has 0 saturated carbocycles. The number of piperazine rings is 1. The van der Waals surface area contributed by atoms with Crippen LogP contribution in [-0.4, -0.2) is 84.8 Å². The zero-order chi connectivity index (χ0) is 17.3. The van der Waals surface area contributed by atoms with E-state index in [1.807, 2.05) is 13.2 Å². The Bertz CT molecular complexity index is 702. The molecular formula is C15H24N4O4S. The second-order valence-electron chi connectivity index (χ2n) is 6.60. The highest BCUT2D eigenvalue weighted by molar-refractivity contribution is 7.91. The fourth-order valence-electron chi connectivity index (χ4n) is 3.55. The number of ether oxygens (including phenoxy) is 1. The van der Waals surface area contributed by atoms with E-state index in [-0.39, 0.29) is 36.0 Å². The van der Waals surface area contributed by atoms with Crippen LogP contribution in [0.5, 0.6) is 0 Å². The minimum Gasteiger partial charge on any atom is -0.469 e. The van der Waals surface area contributed by atoms with E-state index in [2.05, 4.69) is 19.6 Å². The molecule has 2 saturated heterocycles. The normalized spacial score (nSPS) is 27.1. The Balaban J connectivity index is 1.63. The van der Waals surface area contributed by atoms with E-state index in [1.165, 1.54) is 7.11 Å². The van der Waals surface area contributed by atoms with Gasteiger partial charge in [0.2, 0.25) is 0 Å². The molecule has 0 spiro atoms. The third-order valence-electron chi connectivity index (χ3n) is 4.91. The molecule has 2 atom stereocenters. The number of aryl methyl sites for hydroxylation is 1. The molecule has 2 fully saturated rings. The summed E-state index contributed by atoms with van der Waals surface area (Å²) >= 11 is 0. The lowest BCUT2D eigenvalue weighted by Gasteiger charge is -2.42. The molecule has 2 aliphatic heterocycles. The number of carbonyl (C=O) groups excluding carboxylic acids is 1. The first-order chi connectivity index (χ1) is 11.4. The van der Waals surface area contributed by atoms with Crippen molar-refractivity contribution in [1.29, 1.82) is 0 Å². The van der Waals surface area contributed by atoms with Gasteiger partial charge in [0.05, 0.1) is 37.8 Å². The maximum absolute atomic E-state index is 12.0. The summed E-state index contributed by atoms with van der Waals surface area (Å²) in [6, 6.07) is 0.130. The van der Waals surface area contributed by atoms with Crippen LogP contribution in [0.15, 0.2) is 12.4 Å². The molecule has 0 amide bonds. The molecule has 8 nitrogen and oxygen atoms in total. The molecule has 2 aliphatic rings. The minimum absolute atomic E-state index is 0.0483. The summed E-state index contributed by atoms with van der Waals surface area (Å²) in [6.45, 7) is 2.88. The van der Waals surface area contributed by atoms with E-state index >= 15 is 0 Å². The molecule has 0 aromatic carbocycles. The molecule has 0 aliphatic carbocycles. The van der Waals surface area contributed by atoms with Gasteiger partial charge in [-0.15, -0.1) is 0 Å². The molecule has 1 aromatic heterocycles. The van der Waals surface area contributed by atoms with E-state index in [0.717, 1.165) is 18.7 Å². The predicted molar refractivity (Wildman–Crippen MR) is 88.1 cm³/mol. The highest BCUT2D eigenvalue weighted by atomic mass is 32.2. The largest absolute Gasteiger partial charge is 0.469 e. The number of aromatic nitrogens is 2. The Morgan fingerprint density at radius 2 is 2.08 bits per heavy atom. The summed E-state index contributed by atoms with van der Waals surface area (Å²) in [6.07, 6.45) is 3.99. The number of nitrogens with zero attached hydrogens (tertiary/aromatic N) is 4. The van der Waals surface area contributed by atoms with Crippen LogP contribution in [0.1, 0.15) is 12.0 Å². The minimum atomic E-state index is -2.96. The van der Waals surface area contributed by atoms with E-state index in [4.69, 9.17) is 0 Å². The van der Waals surface area contributed by atoms with Crippen LogP contribution in [0.3, 0.4) is 0 Å². The van der Waals surface area contributed by atoms with Gasteiger partial charge in [0.25, 0.3) is 0 Å². The van der Waals surface area contributed by atoms with Crippen molar-refractivity contribution in [2.45, 2.75) is 31.6 Å². The van der Waals surface area contributed by atoms with Gasteiger partial charge in [-0.05, 0) is 7.05 Å². The maximum atomic E-state index is 12.0. The second kappa shape index (κ2) is 6.81. The molecule has 134 valence electrons. The van der Waals surface area contributed by atoms with E-state index in [0.29, 0.717) is 13.1 Å². The fraction of sp³-hybridized carbons (Fsp3) is 0.733. The topological polar surface area (TPSA) is 84.7 Å². The number of hydrogen-bond acceptors (Lipinski definition) is 7. The highest BCUT2D eigenvalue weighted by Gasteiger charge is 2.45. The summed E-state index contributed by atoms with van der Waals surface area (Å²) in [7, 11) is 0.414. The Hall–Kier alpha value is -1.45. The van der Waals surface area contributed by atoms with Crippen molar-refractivity contribution < 1.29 is 17.9 Å².